The zero-order valence-corrected chi connectivity index (χ0v) is 16.3. The number of amides is 1. The van der Waals surface area contributed by atoms with Gasteiger partial charge < -0.3 is 0 Å². The molecule has 1 N–H and O–H groups in total. The number of nitrogens with one attached hydrogen (secondary N) is 1. The van der Waals surface area contributed by atoms with Crippen molar-refractivity contribution in [2.45, 2.75) is 38.0 Å². The van der Waals surface area contributed by atoms with Crippen molar-refractivity contribution in [3.05, 3.63) is 36.4 Å². The molecule has 0 bridgehead atoms. The monoisotopic (exact) mass is 385 g/mol. The minimum Gasteiger partial charge on any atom is -0.271 e. The summed E-state index contributed by atoms with van der Waals surface area (Å²) in [6.45, 7) is 3.95. The van der Waals surface area contributed by atoms with E-state index < -0.39 is 15.9 Å². The Hall–Kier alpha value is -2.41. The molecule has 1 aliphatic heterocycles. The summed E-state index contributed by atoms with van der Waals surface area (Å²) in [4.78, 5) is 12.7. The molecule has 1 saturated carbocycles. The maximum atomic E-state index is 12.9. The van der Waals surface area contributed by atoms with E-state index in [-0.39, 0.29) is 11.4 Å². The number of benzene rings is 2. The Morgan fingerprint density at radius 1 is 1.15 bits per heavy atom. The first kappa shape index (κ1) is 18.0. The van der Waals surface area contributed by atoms with Gasteiger partial charge in [0.2, 0.25) is 0 Å². The zero-order chi connectivity index (χ0) is 19.2. The maximum Gasteiger partial charge on any atom is 0.265 e. The molecule has 0 radical (unpaired) electrons. The molecule has 0 saturated heterocycles. The fourth-order valence-electron chi connectivity index (χ4n) is 4.15. The third kappa shape index (κ3) is 3.00. The molecule has 142 valence electrons. The van der Waals surface area contributed by atoms with Gasteiger partial charge in [0.25, 0.3) is 15.9 Å². The average Bonchev–Trinajstić information content (AvgIpc) is 2.85. The van der Waals surface area contributed by atoms with Gasteiger partial charge in [0.15, 0.2) is 0 Å². The van der Waals surface area contributed by atoms with E-state index in [1.807, 2.05) is 12.1 Å². The molecule has 27 heavy (non-hydrogen) atoms. The SMILES string of the molecule is C[C@@H]1CCC[C@H](C)C1=NNC(=O)CN1c2cccc3cccc(c23)S1(=O)=O. The summed E-state index contributed by atoms with van der Waals surface area (Å²) in [5, 5.41) is 5.85. The number of carbonyl (C=O) groups is 1. The number of rotatable bonds is 3. The molecule has 2 atom stereocenters. The Morgan fingerprint density at radius 3 is 2.52 bits per heavy atom. The van der Waals surface area contributed by atoms with Crippen LogP contribution in [0.15, 0.2) is 46.4 Å². The first-order chi connectivity index (χ1) is 12.9. The lowest BCUT2D eigenvalue weighted by atomic mass is 9.81. The summed E-state index contributed by atoms with van der Waals surface area (Å²) in [5.41, 5.74) is 4.12. The minimum atomic E-state index is -3.73. The first-order valence-electron chi connectivity index (χ1n) is 9.30. The van der Waals surface area contributed by atoms with Gasteiger partial charge in [-0.15, -0.1) is 0 Å². The fraction of sp³-hybridized carbons (Fsp3) is 0.400. The highest BCUT2D eigenvalue weighted by Gasteiger charge is 2.36. The van der Waals surface area contributed by atoms with E-state index in [1.54, 1.807) is 24.3 Å². The predicted molar refractivity (Wildman–Crippen MR) is 106 cm³/mol. The van der Waals surface area contributed by atoms with Crippen LogP contribution in [0.25, 0.3) is 10.8 Å². The first-order valence-corrected chi connectivity index (χ1v) is 10.7. The highest BCUT2D eigenvalue weighted by Crippen LogP contribution is 2.41. The predicted octanol–water partition coefficient (Wildman–Crippen LogP) is 3.28. The third-order valence-electron chi connectivity index (χ3n) is 5.56. The van der Waals surface area contributed by atoms with Crippen molar-refractivity contribution in [2.24, 2.45) is 16.9 Å². The van der Waals surface area contributed by atoms with E-state index in [0.717, 1.165) is 23.9 Å². The average molecular weight is 385 g/mol. The third-order valence-corrected chi connectivity index (χ3v) is 7.36. The van der Waals surface area contributed by atoms with Crippen LogP contribution >= 0.6 is 0 Å². The van der Waals surface area contributed by atoms with E-state index in [9.17, 15) is 13.2 Å². The van der Waals surface area contributed by atoms with Crippen LogP contribution in [0.4, 0.5) is 5.69 Å². The molecule has 0 spiro atoms. The van der Waals surface area contributed by atoms with Gasteiger partial charge in [0, 0.05) is 11.1 Å². The molecule has 1 amide bonds. The smallest absolute Gasteiger partial charge is 0.265 e. The van der Waals surface area contributed by atoms with Crippen molar-refractivity contribution >= 4 is 38.1 Å². The van der Waals surface area contributed by atoms with Crippen molar-refractivity contribution in [2.75, 3.05) is 10.8 Å². The van der Waals surface area contributed by atoms with Crippen molar-refractivity contribution in [3.63, 3.8) is 0 Å². The number of hydrogen-bond acceptors (Lipinski definition) is 4. The Labute approximate surface area is 159 Å². The molecule has 2 aliphatic rings. The molecule has 2 aromatic rings. The van der Waals surface area contributed by atoms with Crippen molar-refractivity contribution in [1.29, 1.82) is 0 Å². The van der Waals surface area contributed by atoms with Gasteiger partial charge in [-0.1, -0.05) is 44.5 Å². The highest BCUT2D eigenvalue weighted by atomic mass is 32.2. The number of anilines is 1. The number of hydrogen-bond donors (Lipinski definition) is 1. The van der Waals surface area contributed by atoms with Crippen LogP contribution in [-0.2, 0) is 14.8 Å². The second-order valence-corrected chi connectivity index (χ2v) is 9.28. The van der Waals surface area contributed by atoms with Gasteiger partial charge in [-0.3, -0.25) is 9.10 Å². The minimum absolute atomic E-state index is 0.254. The molecule has 1 fully saturated rings. The lowest BCUT2D eigenvalue weighted by Gasteiger charge is -2.26. The molecule has 1 heterocycles. The van der Waals surface area contributed by atoms with E-state index in [4.69, 9.17) is 0 Å². The summed E-state index contributed by atoms with van der Waals surface area (Å²) >= 11 is 0. The van der Waals surface area contributed by atoms with E-state index in [1.165, 1.54) is 10.7 Å². The zero-order valence-electron chi connectivity index (χ0n) is 15.5. The van der Waals surface area contributed by atoms with Crippen LogP contribution in [0.3, 0.4) is 0 Å². The van der Waals surface area contributed by atoms with Crippen LogP contribution in [0.1, 0.15) is 33.1 Å². The summed E-state index contributed by atoms with van der Waals surface area (Å²) in [6.07, 6.45) is 3.30. The highest BCUT2D eigenvalue weighted by molar-refractivity contribution is 7.93. The van der Waals surface area contributed by atoms with Gasteiger partial charge in [-0.05, 0) is 42.2 Å². The quantitative estimate of drug-likeness (QED) is 0.824. The number of nitrogens with zero attached hydrogens (tertiary/aromatic N) is 2. The summed E-state index contributed by atoms with van der Waals surface area (Å²) in [7, 11) is -3.73. The molecule has 0 unspecified atom stereocenters. The second-order valence-electron chi connectivity index (χ2n) is 7.45. The summed E-state index contributed by atoms with van der Waals surface area (Å²) in [5.74, 6) is 0.242. The van der Waals surface area contributed by atoms with Crippen LogP contribution < -0.4 is 9.73 Å². The molecule has 1 aliphatic carbocycles. The number of carbonyl (C=O) groups excluding carboxylic acids is 1. The van der Waals surface area contributed by atoms with Crippen LogP contribution in [-0.4, -0.2) is 26.6 Å². The van der Waals surface area contributed by atoms with Crippen molar-refractivity contribution in [1.82, 2.24) is 5.43 Å². The van der Waals surface area contributed by atoms with Crippen LogP contribution in [0.5, 0.6) is 0 Å². The molecular formula is C20H23N3O3S. The summed E-state index contributed by atoms with van der Waals surface area (Å²) in [6, 6.07) is 10.6. The molecule has 4 rings (SSSR count). The van der Waals surface area contributed by atoms with Gasteiger partial charge in [0.05, 0.1) is 10.6 Å². The number of hydrazone groups is 1. The van der Waals surface area contributed by atoms with Crippen LogP contribution in [0.2, 0.25) is 0 Å². The lowest BCUT2D eigenvalue weighted by molar-refractivity contribution is -0.119. The van der Waals surface area contributed by atoms with Crippen LogP contribution in [0, 0.1) is 11.8 Å². The van der Waals surface area contributed by atoms with E-state index in [0.29, 0.717) is 22.9 Å². The van der Waals surface area contributed by atoms with Gasteiger partial charge in [0.1, 0.15) is 6.54 Å². The maximum absolute atomic E-state index is 12.9. The molecular weight excluding hydrogens is 362 g/mol. The Bertz CT molecular complexity index is 1030. The van der Waals surface area contributed by atoms with Gasteiger partial charge >= 0.3 is 0 Å². The second kappa shape index (κ2) is 6.64. The van der Waals surface area contributed by atoms with Gasteiger partial charge in [-0.2, -0.15) is 5.10 Å². The normalized spacial score (nSPS) is 25.1. The fourth-order valence-corrected chi connectivity index (χ4v) is 5.82. The lowest BCUT2D eigenvalue weighted by Crippen LogP contribution is -2.38. The molecule has 2 aromatic carbocycles. The Morgan fingerprint density at radius 2 is 1.81 bits per heavy atom. The van der Waals surface area contributed by atoms with Gasteiger partial charge in [-0.25, -0.2) is 13.8 Å². The van der Waals surface area contributed by atoms with E-state index in [2.05, 4.69) is 24.4 Å². The van der Waals surface area contributed by atoms with E-state index >= 15 is 0 Å². The molecule has 7 heteroatoms. The standard InChI is InChI=1S/C20H23N3O3S/c1-13-6-3-7-14(2)20(13)22-21-18(24)12-23-16-10-4-8-15-9-5-11-17(19(15)16)27(23,25)26/h4-5,8-11,13-14H,3,6-7,12H2,1-2H3,(H,21,24)/t13-,14+. The Balaban J connectivity index is 1.58. The van der Waals surface area contributed by atoms with Crippen molar-refractivity contribution < 1.29 is 13.2 Å². The van der Waals surface area contributed by atoms with Crippen molar-refractivity contribution in [3.8, 4) is 0 Å². The molecule has 6 nitrogen and oxygen atoms in total. The summed E-state index contributed by atoms with van der Waals surface area (Å²) < 4.78 is 27.0. The molecule has 0 aromatic heterocycles. The largest absolute Gasteiger partial charge is 0.271 e. The Kier molecular flexibility index (Phi) is 4.42. The topological polar surface area (TPSA) is 78.8 Å². The number of sulfonamides is 1.